The van der Waals surface area contributed by atoms with Gasteiger partial charge in [-0.05, 0) is 41.1 Å². The van der Waals surface area contributed by atoms with E-state index in [1.54, 1.807) is 26.4 Å². The van der Waals surface area contributed by atoms with E-state index in [2.05, 4.69) is 15.0 Å². The number of amides is 1. The van der Waals surface area contributed by atoms with Gasteiger partial charge >= 0.3 is 0 Å². The van der Waals surface area contributed by atoms with Crippen LogP contribution in [0.2, 0.25) is 0 Å². The highest BCUT2D eigenvalue weighted by atomic mass is 32.2. The summed E-state index contributed by atoms with van der Waals surface area (Å²) in [5.41, 5.74) is 1.67. The van der Waals surface area contributed by atoms with Crippen molar-refractivity contribution in [2.24, 2.45) is 4.40 Å². The van der Waals surface area contributed by atoms with Crippen LogP contribution in [0.25, 0.3) is 0 Å². The molecule has 2 aromatic carbocycles. The lowest BCUT2D eigenvalue weighted by molar-refractivity contribution is 0.0822. The number of rotatable bonds is 4. The number of amidine groups is 2. The maximum absolute atomic E-state index is 12.8. The summed E-state index contributed by atoms with van der Waals surface area (Å²) in [7, 11) is 3.28. The fourth-order valence-corrected chi connectivity index (χ4v) is 3.15. The van der Waals surface area contributed by atoms with Crippen molar-refractivity contribution in [2.75, 3.05) is 31.0 Å². The van der Waals surface area contributed by atoms with Crippen LogP contribution in [0.15, 0.2) is 46.9 Å². The lowest BCUT2D eigenvalue weighted by Gasteiger charge is -2.26. The maximum Gasteiger partial charge on any atom is 0.257 e. The molecule has 7 nitrogen and oxygen atoms in total. The average Bonchev–Trinajstić information content (AvgIpc) is 2.68. The Labute approximate surface area is 182 Å². The Morgan fingerprint density at radius 2 is 1.73 bits per heavy atom. The first-order valence-electron chi connectivity index (χ1n) is 9.43. The molecule has 0 unspecified atom stereocenters. The van der Waals surface area contributed by atoms with Crippen molar-refractivity contribution in [1.82, 2.24) is 4.90 Å². The largest absolute Gasteiger partial charge is 0.505 e. The summed E-state index contributed by atoms with van der Waals surface area (Å²) in [4.78, 5) is 14.2. The van der Waals surface area contributed by atoms with Crippen LogP contribution in [0.1, 0.15) is 36.7 Å². The fraction of sp³-hybridized carbons (Fsp3) is 0.318. The first-order chi connectivity index (χ1) is 14.1. The van der Waals surface area contributed by atoms with E-state index in [1.165, 1.54) is 16.8 Å². The predicted octanol–water partition coefficient (Wildman–Crippen LogP) is 4.57. The molecule has 0 aliphatic rings. The van der Waals surface area contributed by atoms with Gasteiger partial charge in [0.05, 0.1) is 11.3 Å². The van der Waals surface area contributed by atoms with Crippen LogP contribution in [0.5, 0.6) is 5.75 Å². The minimum absolute atomic E-state index is 0.0322. The molecule has 0 saturated heterocycles. The molecular weight excluding hydrogens is 398 g/mol. The predicted molar refractivity (Wildman–Crippen MR) is 127 cm³/mol. The van der Waals surface area contributed by atoms with Crippen molar-refractivity contribution in [1.29, 1.82) is 5.41 Å². The normalized spacial score (nSPS) is 11.7. The molecular formula is C22H29N5O2S. The third-order valence-corrected chi connectivity index (χ3v) is 4.69. The van der Waals surface area contributed by atoms with Gasteiger partial charge in [0.15, 0.2) is 17.4 Å². The number of anilines is 2. The van der Waals surface area contributed by atoms with Gasteiger partial charge in [-0.3, -0.25) is 10.2 Å². The van der Waals surface area contributed by atoms with E-state index in [4.69, 9.17) is 5.41 Å². The van der Waals surface area contributed by atoms with E-state index in [-0.39, 0.29) is 34.2 Å². The molecule has 0 atom stereocenters. The van der Waals surface area contributed by atoms with Crippen molar-refractivity contribution in [2.45, 2.75) is 26.2 Å². The fourth-order valence-electron chi connectivity index (χ4n) is 2.83. The molecule has 4 N–H and O–H groups in total. The van der Waals surface area contributed by atoms with Crippen LogP contribution in [0.3, 0.4) is 0 Å². The summed E-state index contributed by atoms with van der Waals surface area (Å²) >= 11 is 1.21. The molecule has 0 heterocycles. The Bertz CT molecular complexity index is 950. The van der Waals surface area contributed by atoms with E-state index >= 15 is 0 Å². The monoisotopic (exact) mass is 427 g/mol. The van der Waals surface area contributed by atoms with Crippen LogP contribution < -0.4 is 10.6 Å². The summed E-state index contributed by atoms with van der Waals surface area (Å²) in [6, 6.07) is 12.9. The van der Waals surface area contributed by atoms with Gasteiger partial charge in [-0.25, -0.2) is 0 Å². The van der Waals surface area contributed by atoms with Crippen LogP contribution in [-0.4, -0.2) is 47.9 Å². The molecule has 0 spiro atoms. The highest BCUT2D eigenvalue weighted by Crippen LogP contribution is 2.37. The molecule has 0 aliphatic carbocycles. The van der Waals surface area contributed by atoms with Crippen molar-refractivity contribution in [3.63, 3.8) is 0 Å². The number of nitrogens with zero attached hydrogens (tertiary/aromatic N) is 2. The van der Waals surface area contributed by atoms with Crippen molar-refractivity contribution in [3.05, 3.63) is 53.6 Å². The zero-order chi connectivity index (χ0) is 22.5. The topological polar surface area (TPSA) is 101 Å². The lowest BCUT2D eigenvalue weighted by atomic mass is 9.82. The average molecular weight is 428 g/mol. The first kappa shape index (κ1) is 23.3. The van der Waals surface area contributed by atoms with Gasteiger partial charge in [0.1, 0.15) is 0 Å². The second-order valence-electron chi connectivity index (χ2n) is 7.95. The number of carbonyl (C=O) groups is 1. The van der Waals surface area contributed by atoms with Crippen LogP contribution >= 0.6 is 11.9 Å². The highest BCUT2D eigenvalue weighted by Gasteiger charge is 2.28. The Morgan fingerprint density at radius 3 is 2.27 bits per heavy atom. The van der Waals surface area contributed by atoms with Crippen molar-refractivity contribution < 1.29 is 9.90 Å². The third-order valence-electron chi connectivity index (χ3n) is 4.32. The number of para-hydroxylation sites is 1. The standard InChI is InChI=1S/C22H29N5O2S/c1-22(2,3)15-12-13-16(18(28)17(15)21(29)27(4)5)25-19(23)20(26-30-6)24-14-10-8-7-9-11-14/h7-13,28H,1-6H3,(H2,23,25)(H,24,26). The van der Waals surface area contributed by atoms with Gasteiger partial charge < -0.3 is 20.6 Å². The second-order valence-corrected chi connectivity index (χ2v) is 8.50. The van der Waals surface area contributed by atoms with Crippen LogP contribution in [0.4, 0.5) is 11.4 Å². The zero-order valence-corrected chi connectivity index (χ0v) is 19.0. The van der Waals surface area contributed by atoms with Gasteiger partial charge in [0, 0.05) is 26.0 Å². The van der Waals surface area contributed by atoms with Crippen molar-refractivity contribution >= 4 is 40.9 Å². The molecule has 1 amide bonds. The molecule has 30 heavy (non-hydrogen) atoms. The van der Waals surface area contributed by atoms with E-state index in [9.17, 15) is 9.90 Å². The quantitative estimate of drug-likeness (QED) is 0.248. The second kappa shape index (κ2) is 9.67. The molecule has 8 heteroatoms. The molecule has 160 valence electrons. The number of hydrogen-bond acceptors (Lipinski definition) is 5. The smallest absolute Gasteiger partial charge is 0.257 e. The van der Waals surface area contributed by atoms with E-state index in [1.807, 2.05) is 57.2 Å². The number of benzene rings is 2. The summed E-state index contributed by atoms with van der Waals surface area (Å²) in [6.45, 7) is 5.95. The number of nitrogens with one attached hydrogen (secondary N) is 3. The Kier molecular flexibility index (Phi) is 7.50. The Balaban J connectivity index is 2.41. The van der Waals surface area contributed by atoms with Gasteiger partial charge in [-0.2, -0.15) is 4.40 Å². The zero-order valence-electron chi connectivity index (χ0n) is 18.2. The SMILES string of the molecule is CS/N=C(/Nc1ccccc1)C(=N)Nc1ccc(C(C)(C)C)c(C(=O)N(C)C)c1O. The maximum atomic E-state index is 12.8. The number of phenols is 1. The van der Waals surface area contributed by atoms with E-state index < -0.39 is 0 Å². The Morgan fingerprint density at radius 1 is 1.10 bits per heavy atom. The third kappa shape index (κ3) is 5.54. The summed E-state index contributed by atoms with van der Waals surface area (Å²) < 4.78 is 4.27. The van der Waals surface area contributed by atoms with Gasteiger partial charge in [0.25, 0.3) is 5.91 Å². The van der Waals surface area contributed by atoms with Gasteiger partial charge in [-0.1, -0.05) is 45.0 Å². The molecule has 2 rings (SSSR count). The number of aromatic hydroxyl groups is 1. The highest BCUT2D eigenvalue weighted by molar-refractivity contribution is 7.97. The molecule has 0 aromatic heterocycles. The molecule has 0 bridgehead atoms. The summed E-state index contributed by atoms with van der Waals surface area (Å²) in [6.07, 6.45) is 1.80. The van der Waals surface area contributed by atoms with E-state index in [0.717, 1.165) is 11.3 Å². The molecule has 0 aliphatic heterocycles. The van der Waals surface area contributed by atoms with Crippen LogP contribution in [0, 0.1) is 5.41 Å². The first-order valence-corrected chi connectivity index (χ1v) is 10.6. The van der Waals surface area contributed by atoms with Gasteiger partial charge in [0.2, 0.25) is 0 Å². The number of hydrogen-bond donors (Lipinski definition) is 4. The molecule has 0 fully saturated rings. The summed E-state index contributed by atoms with van der Waals surface area (Å²) in [5, 5.41) is 25.4. The van der Waals surface area contributed by atoms with Crippen LogP contribution in [-0.2, 0) is 5.41 Å². The number of phenolic OH excluding ortho intramolecular Hbond substituents is 1. The molecule has 0 radical (unpaired) electrons. The number of carbonyl (C=O) groups excluding carboxylic acids is 1. The molecule has 2 aromatic rings. The summed E-state index contributed by atoms with van der Waals surface area (Å²) in [5.74, 6) is -0.217. The minimum Gasteiger partial charge on any atom is -0.505 e. The molecule has 0 saturated carbocycles. The Hall–Kier alpha value is -3.00. The minimum atomic E-state index is -0.342. The lowest BCUT2D eigenvalue weighted by Crippen LogP contribution is -2.30. The van der Waals surface area contributed by atoms with E-state index in [0.29, 0.717) is 5.84 Å². The van der Waals surface area contributed by atoms with Gasteiger partial charge in [-0.15, -0.1) is 0 Å². The van der Waals surface area contributed by atoms with Crippen molar-refractivity contribution in [3.8, 4) is 5.75 Å².